The molecule has 6 aromatic rings. The van der Waals surface area contributed by atoms with Crippen LogP contribution >= 0.6 is 0 Å². The minimum Gasteiger partial charge on any atom is -0.493 e. The number of carbonyl (C=O) groups excluding carboxylic acids is 2. The maximum absolute atomic E-state index is 12.3. The molecule has 0 aliphatic heterocycles. The molecule has 0 N–H and O–H groups in total. The van der Waals surface area contributed by atoms with Crippen molar-refractivity contribution in [3.05, 3.63) is 94.6 Å². The predicted octanol–water partition coefficient (Wildman–Crippen LogP) is 6.16. The number of pyridine rings is 2. The van der Waals surface area contributed by atoms with Gasteiger partial charge in [-0.05, 0) is 86.1 Å². The number of benzene rings is 2. The lowest BCUT2D eigenvalue weighted by molar-refractivity contribution is 0.0908. The zero-order chi connectivity index (χ0) is 34.5. The topological polar surface area (TPSA) is 122 Å². The molecule has 4 aromatic heterocycles. The number of aryl methyl sites for hydroxylation is 2. The van der Waals surface area contributed by atoms with Crippen molar-refractivity contribution in [1.29, 1.82) is 0 Å². The molecule has 4 heterocycles. The first-order chi connectivity index (χ1) is 24.9. The highest BCUT2D eigenvalue weighted by molar-refractivity contribution is 6.01. The number of fused-ring (bicyclic) bond motifs is 4. The van der Waals surface area contributed by atoms with Crippen molar-refractivity contribution in [2.24, 2.45) is 0 Å². The van der Waals surface area contributed by atoms with E-state index in [0.717, 1.165) is 94.9 Å². The summed E-state index contributed by atoms with van der Waals surface area (Å²) in [6, 6.07) is 19.9. The van der Waals surface area contributed by atoms with E-state index in [1.165, 1.54) is 0 Å². The van der Waals surface area contributed by atoms with E-state index in [4.69, 9.17) is 34.4 Å². The fraction of sp³-hybridized carbons (Fsp3) is 0.350. The molecule has 0 bridgehead atoms. The van der Waals surface area contributed by atoms with E-state index < -0.39 is 0 Å². The third kappa shape index (κ3) is 4.74. The van der Waals surface area contributed by atoms with Crippen molar-refractivity contribution in [1.82, 2.24) is 29.2 Å². The third-order valence-electron chi connectivity index (χ3n) is 11.4. The molecule has 0 radical (unpaired) electrons. The summed E-state index contributed by atoms with van der Waals surface area (Å²) in [5.74, 6) is 3.24. The van der Waals surface area contributed by atoms with Gasteiger partial charge in [-0.1, -0.05) is 24.3 Å². The van der Waals surface area contributed by atoms with Crippen LogP contribution in [-0.2, 0) is 28.4 Å². The molecule has 0 saturated heterocycles. The minimum absolute atomic E-state index is 0.207. The van der Waals surface area contributed by atoms with Crippen LogP contribution in [0.5, 0.6) is 11.5 Å². The van der Waals surface area contributed by atoms with Crippen molar-refractivity contribution in [3.8, 4) is 34.0 Å². The van der Waals surface area contributed by atoms with Crippen LogP contribution in [-0.4, -0.2) is 68.2 Å². The number of ketones is 2. The smallest absolute Gasteiger partial charge is 0.198 e. The second-order valence-electron chi connectivity index (χ2n) is 14.6. The fourth-order valence-corrected chi connectivity index (χ4v) is 7.92. The summed E-state index contributed by atoms with van der Waals surface area (Å²) >= 11 is 0. The Hall–Kier alpha value is -5.42. The molecule has 0 atom stereocenters. The Bertz CT molecular complexity index is 2280. The number of nitrogens with zero attached hydrogens (tertiary/aromatic N) is 6. The Morgan fingerprint density at radius 3 is 1.47 bits per heavy atom. The first-order valence-electron chi connectivity index (χ1n) is 17.7. The first-order valence-corrected chi connectivity index (χ1v) is 17.7. The van der Waals surface area contributed by atoms with Crippen molar-refractivity contribution in [3.63, 3.8) is 0 Å². The van der Waals surface area contributed by atoms with Crippen molar-refractivity contribution < 1.29 is 23.8 Å². The second kappa shape index (κ2) is 11.0. The number of methoxy groups -OCH3 is 2. The zero-order valence-corrected chi connectivity index (χ0v) is 28.6. The quantitative estimate of drug-likeness (QED) is 0.167. The van der Waals surface area contributed by atoms with E-state index >= 15 is 0 Å². The molecule has 0 unspecified atom stereocenters. The van der Waals surface area contributed by atoms with Gasteiger partial charge in [0.05, 0.1) is 49.7 Å². The standard InChI is InChI=1S/C40H36N6O5/c1-49-33-13-9-29(25-3-7-27-23(19-25)5-11-31(27)47)45-35(33)41-37(43-45)39(15-16-39)21-51-22-40(17-18-40)38-42-36-34(50-2)14-10-30(46(36)44-38)26-4-8-28-24(20-26)6-12-32(28)48/h3-4,7-10,13-14,19-20H,5-6,11-12,15-18,21-22H2,1-2H3. The van der Waals surface area contributed by atoms with Crippen LogP contribution in [0.15, 0.2) is 60.7 Å². The highest BCUT2D eigenvalue weighted by Crippen LogP contribution is 2.51. The van der Waals surface area contributed by atoms with Gasteiger partial charge in [0.2, 0.25) is 0 Å². The van der Waals surface area contributed by atoms with Crippen LogP contribution in [0.25, 0.3) is 33.8 Å². The van der Waals surface area contributed by atoms with Gasteiger partial charge in [-0.2, -0.15) is 0 Å². The van der Waals surface area contributed by atoms with Crippen LogP contribution in [0.1, 0.15) is 82.0 Å². The van der Waals surface area contributed by atoms with Gasteiger partial charge in [-0.25, -0.2) is 19.0 Å². The van der Waals surface area contributed by atoms with E-state index in [9.17, 15) is 9.59 Å². The van der Waals surface area contributed by atoms with Gasteiger partial charge in [0, 0.05) is 35.1 Å². The van der Waals surface area contributed by atoms with Gasteiger partial charge in [-0.3, -0.25) is 9.59 Å². The second-order valence-corrected chi connectivity index (χ2v) is 14.6. The molecule has 0 amide bonds. The van der Waals surface area contributed by atoms with Crippen LogP contribution in [0.4, 0.5) is 0 Å². The van der Waals surface area contributed by atoms with Crippen LogP contribution < -0.4 is 9.47 Å². The van der Waals surface area contributed by atoms with Gasteiger partial charge >= 0.3 is 0 Å². The van der Waals surface area contributed by atoms with Gasteiger partial charge in [-0.15, -0.1) is 10.2 Å². The van der Waals surface area contributed by atoms with E-state index in [0.29, 0.717) is 48.8 Å². The molecule has 2 aromatic carbocycles. The number of Topliss-reactive ketones (excluding diaryl/α,β-unsaturated/α-hetero) is 2. The third-order valence-corrected chi connectivity index (χ3v) is 11.4. The highest BCUT2D eigenvalue weighted by Gasteiger charge is 2.52. The highest BCUT2D eigenvalue weighted by atomic mass is 16.5. The van der Waals surface area contributed by atoms with E-state index in [-0.39, 0.29) is 22.4 Å². The molecule has 2 saturated carbocycles. The molecule has 11 nitrogen and oxygen atoms in total. The lowest BCUT2D eigenvalue weighted by Gasteiger charge is -2.16. The Balaban J connectivity index is 0.920. The summed E-state index contributed by atoms with van der Waals surface area (Å²) in [5.41, 5.74) is 8.40. The van der Waals surface area contributed by atoms with Gasteiger partial charge in [0.15, 0.2) is 46.0 Å². The summed E-state index contributed by atoms with van der Waals surface area (Å²) in [4.78, 5) is 34.6. The summed E-state index contributed by atoms with van der Waals surface area (Å²) < 4.78 is 21.7. The zero-order valence-electron chi connectivity index (χ0n) is 28.6. The normalized spacial score (nSPS) is 18.0. The minimum atomic E-state index is -0.271. The van der Waals surface area contributed by atoms with E-state index in [2.05, 4.69) is 12.1 Å². The average molecular weight is 681 g/mol. The van der Waals surface area contributed by atoms with Crippen molar-refractivity contribution in [2.75, 3.05) is 27.4 Å². The largest absolute Gasteiger partial charge is 0.493 e. The predicted molar refractivity (Wildman–Crippen MR) is 188 cm³/mol. The summed E-state index contributed by atoms with van der Waals surface area (Å²) in [6.07, 6.45) is 6.42. The average Bonchev–Trinajstić information content (AvgIpc) is 3.86. The number of aromatic nitrogens is 6. The summed E-state index contributed by atoms with van der Waals surface area (Å²) in [5, 5.41) is 10.1. The van der Waals surface area contributed by atoms with Gasteiger partial charge in [0.1, 0.15) is 0 Å². The maximum atomic E-state index is 12.3. The fourth-order valence-electron chi connectivity index (χ4n) is 7.92. The van der Waals surface area contributed by atoms with Crippen molar-refractivity contribution >= 4 is 22.9 Å². The van der Waals surface area contributed by atoms with E-state index in [1.54, 1.807) is 14.2 Å². The number of carbonyl (C=O) groups is 2. The molecular formula is C40H36N6O5. The van der Waals surface area contributed by atoms with Crippen LogP contribution in [0.3, 0.4) is 0 Å². The number of rotatable bonds is 10. The molecule has 4 aliphatic rings. The number of hydrogen-bond acceptors (Lipinski definition) is 9. The Kier molecular flexibility index (Phi) is 6.58. The molecule has 4 aliphatic carbocycles. The number of ether oxygens (including phenoxy) is 3. The molecule has 2 fully saturated rings. The molecule has 51 heavy (non-hydrogen) atoms. The van der Waals surface area contributed by atoms with Gasteiger partial charge < -0.3 is 14.2 Å². The molecule has 0 spiro atoms. The maximum Gasteiger partial charge on any atom is 0.198 e. The Labute approximate surface area is 293 Å². The molecule has 10 rings (SSSR count). The summed E-state index contributed by atoms with van der Waals surface area (Å²) in [6.45, 7) is 1.00. The Morgan fingerprint density at radius 2 is 1.06 bits per heavy atom. The SMILES string of the molecule is COc1ccc(-c2ccc3c(c2)CCC3=O)n2nc(C3(COCC4(c5nc6c(OC)ccc(-c7ccc8c(c7)CCC8=O)n6n5)CC4)CC3)nc12. The van der Waals surface area contributed by atoms with Crippen LogP contribution in [0.2, 0.25) is 0 Å². The van der Waals surface area contributed by atoms with E-state index in [1.807, 2.05) is 57.6 Å². The Morgan fingerprint density at radius 1 is 0.608 bits per heavy atom. The van der Waals surface area contributed by atoms with Crippen molar-refractivity contribution in [2.45, 2.75) is 62.2 Å². The summed E-state index contributed by atoms with van der Waals surface area (Å²) in [7, 11) is 3.30. The van der Waals surface area contributed by atoms with Gasteiger partial charge in [0.25, 0.3) is 0 Å². The number of hydrogen-bond donors (Lipinski definition) is 0. The first kappa shape index (κ1) is 30.4. The lowest BCUT2D eigenvalue weighted by Crippen LogP contribution is -2.23. The molecule has 11 heteroatoms. The lowest BCUT2D eigenvalue weighted by atomic mass is 10.0. The van der Waals surface area contributed by atoms with Crippen LogP contribution in [0, 0.1) is 0 Å². The molecule has 256 valence electrons. The monoisotopic (exact) mass is 680 g/mol. The molecular weight excluding hydrogens is 644 g/mol.